The molecule has 0 saturated carbocycles. The molecular weight excluding hydrogens is 348 g/mol. The Morgan fingerprint density at radius 2 is 1.58 bits per heavy atom. The van der Waals surface area contributed by atoms with Gasteiger partial charge in [-0.25, -0.2) is 13.1 Å². The molecule has 1 fully saturated rings. The van der Waals surface area contributed by atoms with E-state index in [4.69, 9.17) is 0 Å². The normalized spacial score (nSPS) is 17.8. The van der Waals surface area contributed by atoms with Gasteiger partial charge < -0.3 is 4.90 Å². The van der Waals surface area contributed by atoms with Crippen LogP contribution in [0.25, 0.3) is 10.8 Å². The van der Waals surface area contributed by atoms with Crippen molar-refractivity contribution in [3.8, 4) is 0 Å². The number of hydrogen-bond donors (Lipinski definition) is 1. The fourth-order valence-electron chi connectivity index (χ4n) is 3.36. The van der Waals surface area contributed by atoms with Crippen LogP contribution in [0.1, 0.15) is 6.42 Å². The van der Waals surface area contributed by atoms with Gasteiger partial charge in [0.25, 0.3) is 0 Å². The molecule has 1 heterocycles. The van der Waals surface area contributed by atoms with Gasteiger partial charge in [0.2, 0.25) is 15.9 Å². The average Bonchev–Trinajstić information content (AvgIpc) is 3.01. The Morgan fingerprint density at radius 3 is 2.38 bits per heavy atom. The van der Waals surface area contributed by atoms with E-state index in [-0.39, 0.29) is 17.2 Å². The van der Waals surface area contributed by atoms with Gasteiger partial charge in [0.1, 0.15) is 0 Å². The number of para-hydroxylation sites is 1. The molecule has 132 valence electrons. The summed E-state index contributed by atoms with van der Waals surface area (Å²) < 4.78 is 28.5. The number of fused-ring (bicyclic) bond motifs is 1. The highest BCUT2D eigenvalue weighted by atomic mass is 32.2. The van der Waals surface area contributed by atoms with Crippen molar-refractivity contribution in [1.82, 2.24) is 4.72 Å². The quantitative estimate of drug-likeness (QED) is 0.772. The van der Waals surface area contributed by atoms with Gasteiger partial charge >= 0.3 is 0 Å². The monoisotopic (exact) mass is 366 g/mol. The predicted molar refractivity (Wildman–Crippen MR) is 101 cm³/mol. The standard InChI is InChI=1S/C20H18N2O3S/c23-20-13-16(14-22(20)17-9-2-1-3-10-17)21-26(24,25)19-12-6-8-15-7-4-5-11-18(15)19/h1-12,16,21H,13-14H2. The number of carbonyl (C=O) groups excluding carboxylic acids is 1. The summed E-state index contributed by atoms with van der Waals surface area (Å²) in [6.07, 6.45) is 0.152. The summed E-state index contributed by atoms with van der Waals surface area (Å²) in [5, 5.41) is 1.54. The first-order valence-electron chi connectivity index (χ1n) is 8.40. The first kappa shape index (κ1) is 16.8. The summed E-state index contributed by atoms with van der Waals surface area (Å²) in [6, 6.07) is 21.4. The maximum atomic E-state index is 12.9. The molecule has 26 heavy (non-hydrogen) atoms. The molecule has 3 aromatic rings. The molecule has 1 unspecified atom stereocenters. The van der Waals surface area contributed by atoms with E-state index in [0.717, 1.165) is 11.1 Å². The van der Waals surface area contributed by atoms with Crippen LogP contribution in [0.5, 0.6) is 0 Å². The van der Waals surface area contributed by atoms with Crippen LogP contribution in [0, 0.1) is 0 Å². The van der Waals surface area contributed by atoms with Gasteiger partial charge in [0.15, 0.2) is 0 Å². The van der Waals surface area contributed by atoms with Crippen LogP contribution in [0.15, 0.2) is 77.7 Å². The summed E-state index contributed by atoms with van der Waals surface area (Å²) in [5.74, 6) is -0.0816. The summed E-state index contributed by atoms with van der Waals surface area (Å²) in [5.41, 5.74) is 0.782. The van der Waals surface area contributed by atoms with Crippen molar-refractivity contribution < 1.29 is 13.2 Å². The maximum absolute atomic E-state index is 12.9. The predicted octanol–water partition coefficient (Wildman–Crippen LogP) is 2.92. The van der Waals surface area contributed by atoms with Crippen molar-refractivity contribution in [2.24, 2.45) is 0 Å². The molecule has 1 amide bonds. The van der Waals surface area contributed by atoms with Crippen LogP contribution >= 0.6 is 0 Å². The smallest absolute Gasteiger partial charge is 0.241 e. The Hall–Kier alpha value is -2.70. The molecule has 0 radical (unpaired) electrons. The van der Waals surface area contributed by atoms with Crippen molar-refractivity contribution in [3.63, 3.8) is 0 Å². The van der Waals surface area contributed by atoms with Crippen LogP contribution in [0.2, 0.25) is 0 Å². The Kier molecular flexibility index (Phi) is 4.22. The third-order valence-electron chi connectivity index (χ3n) is 4.55. The third-order valence-corrected chi connectivity index (χ3v) is 6.13. The molecule has 1 aliphatic rings. The fraction of sp³-hybridized carbons (Fsp3) is 0.150. The zero-order valence-electron chi connectivity index (χ0n) is 14.0. The lowest BCUT2D eigenvalue weighted by Crippen LogP contribution is -2.37. The second kappa shape index (κ2) is 6.55. The number of rotatable bonds is 4. The number of nitrogens with one attached hydrogen (secondary N) is 1. The SMILES string of the molecule is O=C1CC(NS(=O)(=O)c2cccc3ccccc23)CN1c1ccccc1. The average molecular weight is 366 g/mol. The number of carbonyl (C=O) groups is 1. The van der Waals surface area contributed by atoms with Crippen molar-refractivity contribution in [2.45, 2.75) is 17.4 Å². The summed E-state index contributed by atoms with van der Waals surface area (Å²) in [4.78, 5) is 14.2. The highest BCUT2D eigenvalue weighted by Gasteiger charge is 2.33. The maximum Gasteiger partial charge on any atom is 0.241 e. The first-order chi connectivity index (χ1) is 12.5. The van der Waals surface area contributed by atoms with Crippen molar-refractivity contribution in [3.05, 3.63) is 72.8 Å². The lowest BCUT2D eigenvalue weighted by atomic mass is 10.1. The molecule has 6 heteroatoms. The molecule has 0 bridgehead atoms. The number of benzene rings is 3. The molecule has 1 aliphatic heterocycles. The van der Waals surface area contributed by atoms with Crippen LogP contribution in [0.4, 0.5) is 5.69 Å². The largest absolute Gasteiger partial charge is 0.311 e. The number of amides is 1. The lowest BCUT2D eigenvalue weighted by molar-refractivity contribution is -0.117. The minimum Gasteiger partial charge on any atom is -0.311 e. The van der Waals surface area contributed by atoms with Crippen molar-refractivity contribution in [2.75, 3.05) is 11.4 Å². The number of nitrogens with zero attached hydrogens (tertiary/aromatic N) is 1. The lowest BCUT2D eigenvalue weighted by Gasteiger charge is -2.17. The fourth-order valence-corrected chi connectivity index (χ4v) is 4.81. The summed E-state index contributed by atoms with van der Waals surface area (Å²) in [7, 11) is -3.73. The summed E-state index contributed by atoms with van der Waals surface area (Å²) >= 11 is 0. The molecule has 0 aromatic heterocycles. The Balaban J connectivity index is 1.60. The Bertz CT molecular complexity index is 1060. The van der Waals surface area contributed by atoms with E-state index in [1.54, 1.807) is 23.1 Å². The van der Waals surface area contributed by atoms with E-state index in [2.05, 4.69) is 4.72 Å². The molecule has 0 spiro atoms. The van der Waals surface area contributed by atoms with E-state index < -0.39 is 16.1 Å². The number of sulfonamides is 1. The molecule has 3 aromatic carbocycles. The van der Waals surface area contributed by atoms with Gasteiger partial charge in [-0.05, 0) is 23.6 Å². The summed E-state index contributed by atoms with van der Waals surface area (Å²) in [6.45, 7) is 0.326. The number of hydrogen-bond acceptors (Lipinski definition) is 3. The highest BCUT2D eigenvalue weighted by Crippen LogP contribution is 2.25. The van der Waals surface area contributed by atoms with E-state index >= 15 is 0 Å². The topological polar surface area (TPSA) is 66.5 Å². The minimum absolute atomic E-state index is 0.0816. The molecule has 1 saturated heterocycles. The van der Waals surface area contributed by atoms with Crippen molar-refractivity contribution in [1.29, 1.82) is 0 Å². The molecule has 1 N–H and O–H groups in total. The molecule has 0 aliphatic carbocycles. The van der Waals surface area contributed by atoms with Gasteiger partial charge in [0, 0.05) is 30.1 Å². The van der Waals surface area contributed by atoms with E-state index in [1.165, 1.54) is 0 Å². The second-order valence-corrected chi connectivity index (χ2v) is 8.02. The zero-order chi connectivity index (χ0) is 18.1. The number of anilines is 1. The van der Waals surface area contributed by atoms with Gasteiger partial charge in [-0.2, -0.15) is 0 Å². The van der Waals surface area contributed by atoms with Gasteiger partial charge in [-0.3, -0.25) is 4.79 Å². The third kappa shape index (κ3) is 3.09. The minimum atomic E-state index is -3.73. The van der Waals surface area contributed by atoms with Crippen molar-refractivity contribution >= 4 is 32.4 Å². The van der Waals surface area contributed by atoms with Gasteiger partial charge in [0.05, 0.1) is 4.90 Å². The van der Waals surface area contributed by atoms with Gasteiger partial charge in [-0.1, -0.05) is 54.6 Å². The van der Waals surface area contributed by atoms with Crippen LogP contribution in [0.3, 0.4) is 0 Å². The van der Waals surface area contributed by atoms with Crippen LogP contribution < -0.4 is 9.62 Å². The zero-order valence-corrected chi connectivity index (χ0v) is 14.8. The molecule has 4 rings (SSSR count). The first-order valence-corrected chi connectivity index (χ1v) is 9.88. The Labute approximate surface area is 152 Å². The molecular formula is C20H18N2O3S. The highest BCUT2D eigenvalue weighted by molar-refractivity contribution is 7.89. The van der Waals surface area contributed by atoms with E-state index in [1.807, 2.05) is 54.6 Å². The molecule has 1 atom stereocenters. The van der Waals surface area contributed by atoms with Gasteiger partial charge in [-0.15, -0.1) is 0 Å². The molecule has 5 nitrogen and oxygen atoms in total. The van der Waals surface area contributed by atoms with Crippen LogP contribution in [-0.2, 0) is 14.8 Å². The second-order valence-electron chi connectivity index (χ2n) is 6.34. The van der Waals surface area contributed by atoms with E-state index in [9.17, 15) is 13.2 Å². The van der Waals surface area contributed by atoms with Crippen LogP contribution in [-0.4, -0.2) is 26.9 Å². The van der Waals surface area contributed by atoms with E-state index in [0.29, 0.717) is 11.9 Å². The Morgan fingerprint density at radius 1 is 0.885 bits per heavy atom.